The Balaban J connectivity index is 1.78. The number of benzene rings is 2. The van der Waals surface area contributed by atoms with Crippen molar-refractivity contribution < 1.29 is 14.5 Å². The van der Waals surface area contributed by atoms with Crippen molar-refractivity contribution >= 4 is 67.8 Å². The molecule has 0 bridgehead atoms. The van der Waals surface area contributed by atoms with Crippen LogP contribution in [0.25, 0.3) is 6.08 Å². The highest BCUT2D eigenvalue weighted by molar-refractivity contribution is 9.10. The number of carbonyl (C=O) groups is 2. The Labute approximate surface area is 171 Å². The van der Waals surface area contributed by atoms with Crippen molar-refractivity contribution in [1.29, 1.82) is 0 Å². The fourth-order valence-corrected chi connectivity index (χ4v) is 3.65. The topological polar surface area (TPSA) is 92.6 Å². The maximum Gasteiger partial charge on any atom is 0.285 e. The summed E-state index contributed by atoms with van der Waals surface area (Å²) < 4.78 is 0.992. The molecule has 0 radical (unpaired) electrons. The van der Waals surface area contributed by atoms with Crippen LogP contribution in [0.5, 0.6) is 0 Å². The largest absolute Gasteiger partial charge is 0.285 e. The van der Waals surface area contributed by atoms with Crippen molar-refractivity contribution in [2.45, 2.75) is 0 Å². The summed E-state index contributed by atoms with van der Waals surface area (Å²) in [5, 5.41) is 11.9. The summed E-state index contributed by atoms with van der Waals surface area (Å²) in [6.07, 6.45) is 1.50. The average molecular weight is 464 g/mol. The van der Waals surface area contributed by atoms with Gasteiger partial charge in [-0.05, 0) is 48.1 Å². The van der Waals surface area contributed by atoms with Gasteiger partial charge in [-0.25, -0.2) is 0 Å². The minimum Gasteiger partial charge on any atom is -0.267 e. The molecule has 0 saturated carbocycles. The number of carbonyl (C=O) groups excluding carboxylic acids is 2. The van der Waals surface area contributed by atoms with Gasteiger partial charge in [0.05, 0.1) is 9.83 Å². The third kappa shape index (κ3) is 4.41. The first-order chi connectivity index (χ1) is 12.8. The van der Waals surface area contributed by atoms with Gasteiger partial charge in [0.1, 0.15) is 0 Å². The summed E-state index contributed by atoms with van der Waals surface area (Å²) in [6, 6.07) is 12.5. The van der Waals surface area contributed by atoms with Crippen molar-refractivity contribution in [2.75, 3.05) is 0 Å². The predicted octanol–water partition coefficient (Wildman–Crippen LogP) is 3.90. The van der Waals surface area contributed by atoms with E-state index >= 15 is 0 Å². The zero-order valence-electron chi connectivity index (χ0n) is 13.4. The van der Waals surface area contributed by atoms with Crippen LogP contribution < -0.4 is 5.43 Å². The van der Waals surface area contributed by atoms with E-state index in [1.807, 2.05) is 0 Å². The molecule has 7 nitrogen and oxygen atoms in total. The fraction of sp³-hybridized carbons (Fsp3) is 0. The van der Waals surface area contributed by atoms with Gasteiger partial charge in [-0.15, -0.1) is 0 Å². The van der Waals surface area contributed by atoms with Crippen LogP contribution >= 0.6 is 39.9 Å². The first kappa shape index (κ1) is 19.2. The Bertz CT molecular complexity index is 992. The Morgan fingerprint density at radius 2 is 1.96 bits per heavy atom. The monoisotopic (exact) mass is 463 g/mol. The van der Waals surface area contributed by atoms with Gasteiger partial charge in [0.15, 0.2) is 4.32 Å². The van der Waals surface area contributed by atoms with Crippen LogP contribution in [0, 0.1) is 10.1 Å². The van der Waals surface area contributed by atoms with Crippen LogP contribution in [0.1, 0.15) is 15.9 Å². The molecule has 2 aromatic rings. The summed E-state index contributed by atoms with van der Waals surface area (Å²) in [5.74, 6) is -0.975. The van der Waals surface area contributed by atoms with E-state index in [2.05, 4.69) is 21.4 Å². The lowest BCUT2D eigenvalue weighted by Crippen LogP contribution is -2.44. The molecular formula is C17H10BrN3O4S2. The second-order valence-corrected chi connectivity index (χ2v) is 7.91. The molecule has 0 aliphatic carbocycles. The normalized spacial score (nSPS) is 15.3. The summed E-state index contributed by atoms with van der Waals surface area (Å²) in [6.45, 7) is 0. The number of thioether (sulfide) groups is 1. The molecule has 1 aliphatic heterocycles. The number of halogens is 1. The number of nitrogens with zero attached hydrogens (tertiary/aromatic N) is 2. The van der Waals surface area contributed by atoms with E-state index in [0.29, 0.717) is 11.1 Å². The number of nitrogens with one attached hydrogen (secondary N) is 1. The first-order valence-electron chi connectivity index (χ1n) is 7.44. The smallest absolute Gasteiger partial charge is 0.267 e. The molecule has 136 valence electrons. The minimum atomic E-state index is -0.513. The van der Waals surface area contributed by atoms with Crippen LogP contribution in [0.2, 0.25) is 0 Å². The van der Waals surface area contributed by atoms with Crippen molar-refractivity contribution in [3.8, 4) is 0 Å². The molecule has 2 amide bonds. The lowest BCUT2D eigenvalue weighted by atomic mass is 10.2. The number of rotatable bonds is 4. The number of amides is 2. The van der Waals surface area contributed by atoms with Crippen LogP contribution in [-0.4, -0.2) is 26.1 Å². The molecule has 3 rings (SSSR count). The highest BCUT2D eigenvalue weighted by atomic mass is 79.9. The molecule has 2 aromatic carbocycles. The molecule has 1 N–H and O–H groups in total. The molecule has 1 fully saturated rings. The van der Waals surface area contributed by atoms with Crippen molar-refractivity contribution in [3.05, 3.63) is 79.2 Å². The van der Waals surface area contributed by atoms with Gasteiger partial charge < -0.3 is 0 Å². The SMILES string of the molecule is O=C(NN1C(=O)/C(=C/c2cccc([N+](=O)[O-])c2)SC1=S)c1ccc(Br)cc1. The molecule has 0 unspecified atom stereocenters. The standard InChI is InChI=1S/C17H10BrN3O4S2/c18-12-6-4-11(5-7-12)15(22)19-20-16(23)14(27-17(20)26)9-10-2-1-3-13(8-10)21(24)25/h1-9H,(H,19,22)/b14-9-. The second-order valence-electron chi connectivity index (χ2n) is 5.32. The second kappa shape index (κ2) is 7.99. The summed E-state index contributed by atoms with van der Waals surface area (Å²) in [5.41, 5.74) is 3.26. The molecule has 0 aromatic heterocycles. The lowest BCUT2D eigenvalue weighted by Gasteiger charge is -2.15. The van der Waals surface area contributed by atoms with Crippen LogP contribution in [-0.2, 0) is 4.79 Å². The number of nitro groups is 1. The number of hydrogen-bond donors (Lipinski definition) is 1. The molecule has 1 saturated heterocycles. The molecule has 0 atom stereocenters. The van der Waals surface area contributed by atoms with Gasteiger partial charge in [0.25, 0.3) is 17.5 Å². The fourth-order valence-electron chi connectivity index (χ4n) is 2.21. The molecule has 10 heteroatoms. The zero-order chi connectivity index (χ0) is 19.6. The van der Waals surface area contributed by atoms with E-state index < -0.39 is 16.7 Å². The van der Waals surface area contributed by atoms with Gasteiger partial charge in [-0.1, -0.05) is 39.8 Å². The summed E-state index contributed by atoms with van der Waals surface area (Å²) >= 11 is 9.46. The highest BCUT2D eigenvalue weighted by Gasteiger charge is 2.33. The third-order valence-corrected chi connectivity index (χ3v) is 5.32. The summed E-state index contributed by atoms with van der Waals surface area (Å²) in [4.78, 5) is 35.5. The van der Waals surface area contributed by atoms with Gasteiger partial charge in [-0.3, -0.25) is 25.1 Å². The van der Waals surface area contributed by atoms with Gasteiger partial charge >= 0.3 is 0 Å². The van der Waals surface area contributed by atoms with Crippen LogP contribution in [0.4, 0.5) is 5.69 Å². The number of nitro benzene ring substituents is 1. The Kier molecular flexibility index (Phi) is 5.68. The maximum atomic E-state index is 12.6. The quantitative estimate of drug-likeness (QED) is 0.319. The Morgan fingerprint density at radius 3 is 2.63 bits per heavy atom. The molecule has 0 spiro atoms. The first-order valence-corrected chi connectivity index (χ1v) is 9.46. The predicted molar refractivity (Wildman–Crippen MR) is 110 cm³/mol. The molecule has 27 heavy (non-hydrogen) atoms. The van der Waals surface area contributed by atoms with Gasteiger partial charge in [0, 0.05) is 22.2 Å². The number of thiocarbonyl (C=S) groups is 1. The van der Waals surface area contributed by atoms with Crippen molar-refractivity contribution in [1.82, 2.24) is 10.4 Å². The summed E-state index contributed by atoms with van der Waals surface area (Å²) in [7, 11) is 0. The van der Waals surface area contributed by atoms with Gasteiger partial charge in [-0.2, -0.15) is 5.01 Å². The van der Waals surface area contributed by atoms with E-state index in [1.165, 1.54) is 24.3 Å². The van der Waals surface area contributed by atoms with Gasteiger partial charge in [0.2, 0.25) is 0 Å². The average Bonchev–Trinajstić information content (AvgIpc) is 2.90. The minimum absolute atomic E-state index is 0.0808. The molecule has 1 aliphatic rings. The van der Waals surface area contributed by atoms with Crippen molar-refractivity contribution in [2.24, 2.45) is 0 Å². The van der Waals surface area contributed by atoms with E-state index in [-0.39, 0.29) is 14.9 Å². The number of non-ortho nitro benzene ring substituents is 1. The van der Waals surface area contributed by atoms with E-state index in [9.17, 15) is 19.7 Å². The molecule has 1 heterocycles. The zero-order valence-corrected chi connectivity index (χ0v) is 16.6. The lowest BCUT2D eigenvalue weighted by molar-refractivity contribution is -0.384. The van der Waals surface area contributed by atoms with E-state index in [0.717, 1.165) is 21.2 Å². The maximum absolute atomic E-state index is 12.6. The number of hydrogen-bond acceptors (Lipinski definition) is 6. The highest BCUT2D eigenvalue weighted by Crippen LogP contribution is 2.32. The van der Waals surface area contributed by atoms with Crippen LogP contribution in [0.15, 0.2) is 57.9 Å². The Morgan fingerprint density at radius 1 is 1.26 bits per heavy atom. The number of hydrazine groups is 1. The molecular weight excluding hydrogens is 454 g/mol. The van der Waals surface area contributed by atoms with Crippen LogP contribution in [0.3, 0.4) is 0 Å². The Hall–Kier alpha value is -2.56. The third-order valence-electron chi connectivity index (χ3n) is 3.49. The van der Waals surface area contributed by atoms with E-state index in [4.69, 9.17) is 12.2 Å². The van der Waals surface area contributed by atoms with Crippen molar-refractivity contribution in [3.63, 3.8) is 0 Å². The van der Waals surface area contributed by atoms with E-state index in [1.54, 1.807) is 30.3 Å².